The molecule has 2 aliphatic rings. The van der Waals surface area contributed by atoms with Crippen molar-refractivity contribution in [2.75, 3.05) is 0 Å². The van der Waals surface area contributed by atoms with Crippen LogP contribution in [0.4, 0.5) is 0 Å². The van der Waals surface area contributed by atoms with Gasteiger partial charge in [-0.15, -0.1) is 5.10 Å². The molecule has 140 valence electrons. The summed E-state index contributed by atoms with van der Waals surface area (Å²) in [6, 6.07) is 0.262. The number of carbonyl (C=O) groups is 1. The van der Waals surface area contributed by atoms with E-state index in [9.17, 15) is 4.79 Å². The van der Waals surface area contributed by atoms with Crippen LogP contribution in [0.5, 0.6) is 0 Å². The maximum atomic E-state index is 12.7. The third kappa shape index (κ3) is 3.27. The van der Waals surface area contributed by atoms with Crippen LogP contribution in [0, 0.1) is 12.3 Å². The van der Waals surface area contributed by atoms with Crippen LogP contribution in [0.1, 0.15) is 74.0 Å². The molecule has 0 saturated heterocycles. The summed E-state index contributed by atoms with van der Waals surface area (Å²) < 4.78 is 3.37. The summed E-state index contributed by atoms with van der Waals surface area (Å²) in [7, 11) is 1.85. The van der Waals surface area contributed by atoms with Gasteiger partial charge in [0.05, 0.1) is 18.1 Å². The first-order valence-electron chi connectivity index (χ1n) is 9.79. The summed E-state index contributed by atoms with van der Waals surface area (Å²) in [5, 5.41) is 15.6. The highest BCUT2D eigenvalue weighted by molar-refractivity contribution is 5.93. The van der Waals surface area contributed by atoms with Gasteiger partial charge in [-0.2, -0.15) is 5.10 Å². The van der Waals surface area contributed by atoms with E-state index in [0.717, 1.165) is 24.2 Å². The average molecular weight is 356 g/mol. The smallest absolute Gasteiger partial charge is 0.273 e. The van der Waals surface area contributed by atoms with Crippen LogP contribution >= 0.6 is 0 Å². The highest BCUT2D eigenvalue weighted by atomic mass is 16.2. The van der Waals surface area contributed by atoms with Crippen molar-refractivity contribution in [3.05, 3.63) is 23.8 Å². The molecule has 2 aromatic rings. The van der Waals surface area contributed by atoms with Gasteiger partial charge in [0.1, 0.15) is 5.69 Å². The molecule has 7 heteroatoms. The number of carbonyl (C=O) groups excluding carboxylic acids is 1. The Bertz CT molecular complexity index is 776. The van der Waals surface area contributed by atoms with E-state index in [1.807, 2.05) is 20.2 Å². The number of hydrogen-bond acceptors (Lipinski definition) is 4. The average Bonchev–Trinajstić information content (AvgIpc) is 3.23. The molecule has 0 aliphatic heterocycles. The van der Waals surface area contributed by atoms with Gasteiger partial charge < -0.3 is 5.32 Å². The zero-order valence-electron chi connectivity index (χ0n) is 15.7. The Labute approximate surface area is 154 Å². The standard InChI is InChI=1S/C19H28N6O/c1-14-17(22-23-25(14)16-12-20-24(2)13-16)18(26)21-15-6-10-19(11-7-15)8-4-3-5-9-19/h12-13,15H,3-11H2,1-2H3,(H,21,26). The number of amides is 1. The van der Waals surface area contributed by atoms with Crippen LogP contribution in [0.25, 0.3) is 5.69 Å². The van der Waals surface area contributed by atoms with Crippen molar-refractivity contribution in [3.63, 3.8) is 0 Å². The van der Waals surface area contributed by atoms with Crippen LogP contribution in [0.2, 0.25) is 0 Å². The van der Waals surface area contributed by atoms with Crippen molar-refractivity contribution in [1.29, 1.82) is 0 Å². The number of aromatic nitrogens is 5. The van der Waals surface area contributed by atoms with Crippen LogP contribution in [-0.4, -0.2) is 36.7 Å². The SMILES string of the molecule is Cc1c(C(=O)NC2CCC3(CCCCC3)CC2)nnn1-c1cnn(C)c1. The molecule has 0 atom stereocenters. The van der Waals surface area contributed by atoms with E-state index in [0.29, 0.717) is 11.1 Å². The minimum Gasteiger partial charge on any atom is -0.348 e. The van der Waals surface area contributed by atoms with Crippen molar-refractivity contribution >= 4 is 5.91 Å². The first kappa shape index (κ1) is 17.2. The second-order valence-corrected chi connectivity index (χ2v) is 8.12. The second-order valence-electron chi connectivity index (χ2n) is 8.12. The van der Waals surface area contributed by atoms with E-state index < -0.39 is 0 Å². The fraction of sp³-hybridized carbons (Fsp3) is 0.684. The van der Waals surface area contributed by atoms with E-state index in [2.05, 4.69) is 20.7 Å². The Kier molecular flexibility index (Phi) is 4.54. The Balaban J connectivity index is 1.39. The van der Waals surface area contributed by atoms with E-state index >= 15 is 0 Å². The van der Waals surface area contributed by atoms with Crippen molar-refractivity contribution in [2.24, 2.45) is 12.5 Å². The molecule has 2 aliphatic carbocycles. The van der Waals surface area contributed by atoms with Crippen molar-refractivity contribution in [1.82, 2.24) is 30.1 Å². The molecule has 0 unspecified atom stereocenters. The normalized spacial score (nSPS) is 20.4. The maximum Gasteiger partial charge on any atom is 0.273 e. The first-order chi connectivity index (χ1) is 12.6. The zero-order valence-corrected chi connectivity index (χ0v) is 15.7. The number of nitrogens with one attached hydrogen (secondary N) is 1. The molecule has 0 radical (unpaired) electrons. The fourth-order valence-corrected chi connectivity index (χ4v) is 4.73. The van der Waals surface area contributed by atoms with Crippen LogP contribution in [0.3, 0.4) is 0 Å². The van der Waals surface area contributed by atoms with Gasteiger partial charge in [-0.3, -0.25) is 9.48 Å². The molecule has 4 rings (SSSR count). The largest absolute Gasteiger partial charge is 0.348 e. The molecule has 1 amide bonds. The topological polar surface area (TPSA) is 77.6 Å². The zero-order chi connectivity index (χ0) is 18.1. The number of nitrogens with zero attached hydrogens (tertiary/aromatic N) is 5. The Morgan fingerprint density at radius 3 is 2.58 bits per heavy atom. The summed E-state index contributed by atoms with van der Waals surface area (Å²) in [5.74, 6) is -0.109. The molecule has 0 aromatic carbocycles. The minimum absolute atomic E-state index is 0.109. The highest BCUT2D eigenvalue weighted by Gasteiger charge is 2.36. The predicted molar refractivity (Wildman–Crippen MR) is 98.1 cm³/mol. The van der Waals surface area contributed by atoms with Crippen LogP contribution < -0.4 is 5.32 Å². The molecule has 1 N–H and O–H groups in total. The van der Waals surface area contributed by atoms with Gasteiger partial charge in [0.15, 0.2) is 5.69 Å². The molecule has 2 aromatic heterocycles. The third-order valence-corrected chi connectivity index (χ3v) is 6.34. The summed E-state index contributed by atoms with van der Waals surface area (Å²) in [6.45, 7) is 1.87. The van der Waals surface area contributed by atoms with Gasteiger partial charge in [0.2, 0.25) is 0 Å². The van der Waals surface area contributed by atoms with Crippen LogP contribution in [-0.2, 0) is 7.05 Å². The van der Waals surface area contributed by atoms with Gasteiger partial charge in [-0.25, -0.2) is 4.68 Å². The Hall–Kier alpha value is -2.18. The number of rotatable bonds is 3. The molecule has 2 saturated carbocycles. The summed E-state index contributed by atoms with van der Waals surface area (Å²) in [4.78, 5) is 12.7. The number of aryl methyl sites for hydroxylation is 1. The lowest BCUT2D eigenvalue weighted by Crippen LogP contribution is -2.41. The molecular formula is C19H28N6O. The minimum atomic E-state index is -0.109. The predicted octanol–water partition coefficient (Wildman–Crippen LogP) is 2.93. The fourth-order valence-electron chi connectivity index (χ4n) is 4.73. The number of hydrogen-bond donors (Lipinski definition) is 1. The van der Waals surface area contributed by atoms with Crippen molar-refractivity contribution < 1.29 is 4.79 Å². The summed E-state index contributed by atoms with van der Waals surface area (Å²) >= 11 is 0. The lowest BCUT2D eigenvalue weighted by molar-refractivity contribution is 0.0831. The molecule has 2 heterocycles. The summed E-state index contributed by atoms with van der Waals surface area (Å²) in [6.07, 6.45) is 15.2. The van der Waals surface area contributed by atoms with E-state index in [4.69, 9.17) is 0 Å². The summed E-state index contributed by atoms with van der Waals surface area (Å²) in [5.41, 5.74) is 2.54. The Morgan fingerprint density at radius 2 is 1.92 bits per heavy atom. The maximum absolute atomic E-state index is 12.7. The van der Waals surface area contributed by atoms with Gasteiger partial charge in [-0.05, 0) is 50.9 Å². The van der Waals surface area contributed by atoms with E-state index in [1.165, 1.54) is 44.9 Å². The molecule has 0 bridgehead atoms. The van der Waals surface area contributed by atoms with Crippen molar-refractivity contribution in [2.45, 2.75) is 70.8 Å². The highest BCUT2D eigenvalue weighted by Crippen LogP contribution is 2.47. The second kappa shape index (κ2) is 6.85. The molecule has 2 fully saturated rings. The lowest BCUT2D eigenvalue weighted by Gasteiger charge is -2.43. The third-order valence-electron chi connectivity index (χ3n) is 6.34. The molecule has 26 heavy (non-hydrogen) atoms. The van der Waals surface area contributed by atoms with Gasteiger partial charge in [0, 0.05) is 13.1 Å². The first-order valence-corrected chi connectivity index (χ1v) is 9.79. The van der Waals surface area contributed by atoms with Crippen molar-refractivity contribution in [3.8, 4) is 5.69 Å². The van der Waals surface area contributed by atoms with Gasteiger partial charge in [0.25, 0.3) is 5.91 Å². The van der Waals surface area contributed by atoms with E-state index in [-0.39, 0.29) is 11.9 Å². The van der Waals surface area contributed by atoms with Crippen LogP contribution in [0.15, 0.2) is 12.4 Å². The van der Waals surface area contributed by atoms with Gasteiger partial charge >= 0.3 is 0 Å². The molecular weight excluding hydrogens is 328 g/mol. The molecule has 1 spiro atoms. The lowest BCUT2D eigenvalue weighted by atomic mass is 9.64. The quantitative estimate of drug-likeness (QED) is 0.917. The van der Waals surface area contributed by atoms with Gasteiger partial charge in [-0.1, -0.05) is 24.5 Å². The van der Waals surface area contributed by atoms with E-state index in [1.54, 1.807) is 15.6 Å². The molecule has 7 nitrogen and oxygen atoms in total. The Morgan fingerprint density at radius 1 is 1.19 bits per heavy atom. The monoisotopic (exact) mass is 356 g/mol.